The molecule has 2 amide bonds. The van der Waals surface area contributed by atoms with Crippen molar-refractivity contribution in [3.05, 3.63) is 89.0 Å². The monoisotopic (exact) mass is 579 g/mol. The average Bonchev–Trinajstić information content (AvgIpc) is 2.96. The highest BCUT2D eigenvalue weighted by Crippen LogP contribution is 2.29. The number of fused-ring (bicyclic) bond motifs is 7. The smallest absolute Gasteiger partial charge is 0.258 e. The normalized spacial score (nSPS) is 20.0. The number of hydrogen-bond donors (Lipinski definition) is 2. The Kier molecular flexibility index (Phi) is 8.46. The van der Waals surface area contributed by atoms with Crippen molar-refractivity contribution in [2.45, 2.75) is 37.8 Å². The molecule has 41 heavy (non-hydrogen) atoms. The van der Waals surface area contributed by atoms with E-state index in [2.05, 4.69) is 10.6 Å². The van der Waals surface area contributed by atoms with Crippen molar-refractivity contribution in [3.8, 4) is 17.2 Å². The molecule has 3 aliphatic rings. The van der Waals surface area contributed by atoms with E-state index in [1.807, 2.05) is 13.0 Å². The minimum Gasteiger partial charge on any atom is -0.496 e. The number of carbonyl (C=O) groups excluding carboxylic acids is 2. The van der Waals surface area contributed by atoms with Crippen LogP contribution in [-0.4, -0.2) is 63.5 Å². The number of carbonyl (C=O) groups is 2. The van der Waals surface area contributed by atoms with E-state index < -0.39 is 28.1 Å². The number of piperidine rings is 1. The SMILES string of the molecule is COc1cc2ccc1CNC(=O)COc1cc(ccc1C)C(=O)N[C@H]1CN(S(=O)(=O)Cc3ccccc3)CC[C@H]1O2. The maximum Gasteiger partial charge on any atom is 0.258 e. The van der Waals surface area contributed by atoms with Crippen molar-refractivity contribution < 1.29 is 32.2 Å². The number of aryl methyl sites for hydroxylation is 1. The zero-order chi connectivity index (χ0) is 29.0. The molecule has 1 fully saturated rings. The van der Waals surface area contributed by atoms with Gasteiger partial charge in [-0.15, -0.1) is 0 Å². The Balaban J connectivity index is 1.46. The van der Waals surface area contributed by atoms with E-state index >= 15 is 0 Å². The van der Waals surface area contributed by atoms with Crippen LogP contribution in [0.5, 0.6) is 17.2 Å². The van der Waals surface area contributed by atoms with Crippen LogP contribution >= 0.6 is 0 Å². The third-order valence-corrected chi connectivity index (χ3v) is 9.06. The summed E-state index contributed by atoms with van der Waals surface area (Å²) >= 11 is 0. The van der Waals surface area contributed by atoms with Gasteiger partial charge in [0.2, 0.25) is 10.0 Å². The van der Waals surface area contributed by atoms with Crippen LogP contribution in [0.2, 0.25) is 0 Å². The quantitative estimate of drug-likeness (QED) is 0.487. The highest BCUT2D eigenvalue weighted by Gasteiger charge is 2.37. The minimum absolute atomic E-state index is 0.0500. The second-order valence-corrected chi connectivity index (χ2v) is 12.1. The number of sulfonamides is 1. The van der Waals surface area contributed by atoms with E-state index in [1.54, 1.807) is 60.7 Å². The average molecular weight is 580 g/mol. The van der Waals surface area contributed by atoms with Gasteiger partial charge in [0.25, 0.3) is 11.8 Å². The van der Waals surface area contributed by atoms with Crippen molar-refractivity contribution in [2.24, 2.45) is 0 Å². The number of methoxy groups -OCH3 is 1. The summed E-state index contributed by atoms with van der Waals surface area (Å²) in [5, 5.41) is 5.82. The molecule has 2 atom stereocenters. The first kappa shape index (κ1) is 28.4. The molecule has 11 heteroatoms. The van der Waals surface area contributed by atoms with Gasteiger partial charge in [0.1, 0.15) is 23.4 Å². The van der Waals surface area contributed by atoms with Crippen LogP contribution in [0, 0.1) is 6.92 Å². The maximum atomic E-state index is 13.4. The number of nitrogens with zero attached hydrogens (tertiary/aromatic N) is 1. The fourth-order valence-corrected chi connectivity index (χ4v) is 6.53. The van der Waals surface area contributed by atoms with E-state index in [4.69, 9.17) is 14.2 Å². The highest BCUT2D eigenvalue weighted by molar-refractivity contribution is 7.88. The maximum absolute atomic E-state index is 13.4. The number of ether oxygens (including phenoxy) is 3. The lowest BCUT2D eigenvalue weighted by Crippen LogP contribution is -2.58. The van der Waals surface area contributed by atoms with Crippen LogP contribution in [0.25, 0.3) is 0 Å². The molecule has 4 bridgehead atoms. The Labute approximate surface area is 239 Å². The summed E-state index contributed by atoms with van der Waals surface area (Å²) < 4.78 is 45.8. The van der Waals surface area contributed by atoms with Crippen LogP contribution in [0.4, 0.5) is 0 Å². The first-order valence-electron chi connectivity index (χ1n) is 13.4. The third kappa shape index (κ3) is 6.80. The van der Waals surface area contributed by atoms with Crippen LogP contribution in [0.1, 0.15) is 33.5 Å². The molecule has 10 nitrogen and oxygen atoms in total. The fourth-order valence-electron chi connectivity index (χ4n) is 4.96. The van der Waals surface area contributed by atoms with Crippen LogP contribution in [0.3, 0.4) is 0 Å². The molecule has 2 N–H and O–H groups in total. The van der Waals surface area contributed by atoms with Crippen molar-refractivity contribution in [1.29, 1.82) is 0 Å². The predicted octanol–water partition coefficient (Wildman–Crippen LogP) is 2.79. The lowest BCUT2D eigenvalue weighted by molar-refractivity contribution is -0.123. The molecule has 3 aromatic rings. The van der Waals surface area contributed by atoms with E-state index in [9.17, 15) is 18.0 Å². The zero-order valence-electron chi connectivity index (χ0n) is 23.0. The molecule has 6 rings (SSSR count). The van der Waals surface area contributed by atoms with Gasteiger partial charge < -0.3 is 24.8 Å². The summed E-state index contributed by atoms with van der Waals surface area (Å²) in [5.74, 6) is 0.573. The zero-order valence-corrected chi connectivity index (χ0v) is 23.8. The standard InChI is InChI=1S/C30H33N3O7S/c1-20-8-9-22-14-27(20)39-18-29(34)31-16-23-10-11-24(15-28(23)38-2)40-26-12-13-33(17-25(26)32-30(22)35)41(36,37)19-21-6-4-3-5-7-21/h3-11,14-15,25-26H,12-13,16-19H2,1-2H3,(H,31,34)(H,32,35)/t25-,26+/m0/s1. The molecule has 1 saturated heterocycles. The lowest BCUT2D eigenvalue weighted by atomic mass is 10.0. The number of hydrogen-bond acceptors (Lipinski definition) is 7. The first-order valence-corrected chi connectivity index (χ1v) is 15.0. The molecule has 3 aliphatic heterocycles. The second kappa shape index (κ2) is 12.2. The molecule has 0 spiro atoms. The van der Waals surface area contributed by atoms with Gasteiger partial charge in [-0.25, -0.2) is 8.42 Å². The van der Waals surface area contributed by atoms with E-state index in [0.29, 0.717) is 34.8 Å². The molecular weight excluding hydrogens is 546 g/mol. The topological polar surface area (TPSA) is 123 Å². The summed E-state index contributed by atoms with van der Waals surface area (Å²) in [4.78, 5) is 25.9. The van der Waals surface area contributed by atoms with Gasteiger partial charge in [0.05, 0.1) is 18.9 Å². The van der Waals surface area contributed by atoms with Crippen molar-refractivity contribution in [3.63, 3.8) is 0 Å². The number of nitrogens with one attached hydrogen (secondary N) is 2. The van der Waals surface area contributed by atoms with Gasteiger partial charge in [-0.05, 0) is 42.3 Å². The largest absolute Gasteiger partial charge is 0.496 e. The summed E-state index contributed by atoms with van der Waals surface area (Å²) in [7, 11) is -2.12. The molecule has 0 radical (unpaired) electrons. The first-order chi connectivity index (χ1) is 19.7. The summed E-state index contributed by atoms with van der Waals surface area (Å²) in [6, 6.07) is 18.6. The van der Waals surface area contributed by atoms with Crippen LogP contribution in [0.15, 0.2) is 66.7 Å². The van der Waals surface area contributed by atoms with Crippen molar-refractivity contribution >= 4 is 21.8 Å². The van der Waals surface area contributed by atoms with Gasteiger partial charge >= 0.3 is 0 Å². The van der Waals surface area contributed by atoms with Gasteiger partial charge in [0, 0.05) is 43.2 Å². The summed E-state index contributed by atoms with van der Waals surface area (Å²) in [6.45, 7) is 2.12. The minimum atomic E-state index is -3.66. The number of amides is 2. The second-order valence-electron chi connectivity index (χ2n) is 10.1. The molecule has 216 valence electrons. The fraction of sp³-hybridized carbons (Fsp3) is 0.333. The Hall–Kier alpha value is -4.09. The Bertz CT molecular complexity index is 1530. The lowest BCUT2D eigenvalue weighted by Gasteiger charge is -2.38. The van der Waals surface area contributed by atoms with Crippen molar-refractivity contribution in [1.82, 2.24) is 14.9 Å². The van der Waals surface area contributed by atoms with E-state index in [1.165, 1.54) is 11.4 Å². The van der Waals surface area contributed by atoms with Gasteiger partial charge in [0.15, 0.2) is 6.61 Å². The molecule has 0 aromatic heterocycles. The Morgan fingerprint density at radius 2 is 1.85 bits per heavy atom. The Morgan fingerprint density at radius 1 is 1.05 bits per heavy atom. The van der Waals surface area contributed by atoms with Gasteiger partial charge in [-0.3, -0.25) is 9.59 Å². The van der Waals surface area contributed by atoms with Gasteiger partial charge in [-0.2, -0.15) is 4.31 Å². The number of rotatable bonds is 4. The number of benzene rings is 3. The predicted molar refractivity (Wildman–Crippen MR) is 152 cm³/mol. The van der Waals surface area contributed by atoms with E-state index in [-0.39, 0.29) is 37.9 Å². The molecule has 3 heterocycles. The summed E-state index contributed by atoms with van der Waals surface area (Å²) in [5.41, 5.74) is 2.53. The third-order valence-electron chi connectivity index (χ3n) is 7.25. The molecule has 3 aromatic carbocycles. The summed E-state index contributed by atoms with van der Waals surface area (Å²) in [6.07, 6.45) is -0.143. The molecule has 0 saturated carbocycles. The van der Waals surface area contributed by atoms with E-state index in [0.717, 1.165) is 11.1 Å². The molecule has 0 aliphatic carbocycles. The van der Waals surface area contributed by atoms with Crippen LogP contribution < -0.4 is 24.8 Å². The van der Waals surface area contributed by atoms with Gasteiger partial charge in [-0.1, -0.05) is 36.4 Å². The highest BCUT2D eigenvalue weighted by atomic mass is 32.2. The molecule has 0 unspecified atom stereocenters. The van der Waals surface area contributed by atoms with Crippen LogP contribution in [-0.2, 0) is 27.1 Å². The van der Waals surface area contributed by atoms with Crippen molar-refractivity contribution in [2.75, 3.05) is 26.8 Å². The Morgan fingerprint density at radius 3 is 2.63 bits per heavy atom. The molecular formula is C30H33N3O7S.